The number of carbonyl (C=O) groups is 3. The second kappa shape index (κ2) is 10.8. The molecule has 2 N–H and O–H groups in total. The van der Waals surface area contributed by atoms with Crippen LogP contribution in [0.25, 0.3) is 0 Å². The van der Waals surface area contributed by atoms with E-state index in [9.17, 15) is 27.6 Å². The number of hydrogen-bond acceptors (Lipinski definition) is 5. The molecule has 0 aliphatic rings. The summed E-state index contributed by atoms with van der Waals surface area (Å²) in [6.07, 6.45) is -1.96. The zero-order valence-electron chi connectivity index (χ0n) is 14.4. The van der Waals surface area contributed by atoms with Crippen LogP contribution in [0.1, 0.15) is 26.4 Å². The van der Waals surface area contributed by atoms with Gasteiger partial charge in [-0.15, -0.1) is 0 Å². The Hall–Kier alpha value is -2.94. The number of halogens is 3. The van der Waals surface area contributed by atoms with Gasteiger partial charge in [0.25, 0.3) is 0 Å². The summed E-state index contributed by atoms with van der Waals surface area (Å²) in [5.74, 6) is -0.612. The first-order valence-corrected chi connectivity index (χ1v) is 7.13. The first-order valence-electron chi connectivity index (χ1n) is 7.13. The molecule has 142 valence electrons. The minimum absolute atomic E-state index is 0.226. The number of aldehydes is 2. The Morgan fingerprint density at radius 3 is 2.23 bits per heavy atom. The molecule has 2 aromatic rings. The standard InChI is InChI=1S/C8H8F3N.C8H7NO3.CH4O/c1-12-7-4-2-3-6(5-7)8(9,10)11;1-9-3-6(8(12)5-11)2-7(9)4-10;1-2/h2-5,12H,1H3;2-5H,1H3;2H,1H3. The molecule has 0 fully saturated rings. The molecule has 0 unspecified atom stereocenters. The summed E-state index contributed by atoms with van der Waals surface area (Å²) in [5, 5.41) is 9.64. The normalized spacial score (nSPS) is 9.81. The molecule has 0 saturated heterocycles. The van der Waals surface area contributed by atoms with Crippen molar-refractivity contribution in [3.63, 3.8) is 0 Å². The van der Waals surface area contributed by atoms with Gasteiger partial charge in [0.2, 0.25) is 5.78 Å². The molecule has 1 aromatic heterocycles. The highest BCUT2D eigenvalue weighted by Crippen LogP contribution is 2.30. The van der Waals surface area contributed by atoms with E-state index in [-0.39, 0.29) is 11.8 Å². The monoisotopic (exact) mass is 372 g/mol. The van der Waals surface area contributed by atoms with Crippen molar-refractivity contribution in [3.8, 4) is 0 Å². The van der Waals surface area contributed by atoms with Crippen LogP contribution in [0, 0.1) is 0 Å². The third-order valence-corrected chi connectivity index (χ3v) is 3.03. The molecule has 1 aromatic carbocycles. The van der Waals surface area contributed by atoms with Crippen molar-refractivity contribution in [1.82, 2.24) is 4.57 Å². The number of alkyl halides is 3. The number of nitrogens with one attached hydrogen (secondary N) is 1. The average Bonchev–Trinajstić information content (AvgIpc) is 3.03. The molecule has 0 aliphatic carbocycles. The van der Waals surface area contributed by atoms with Crippen molar-refractivity contribution < 1.29 is 32.7 Å². The molecular formula is C17H19F3N2O4. The van der Waals surface area contributed by atoms with Gasteiger partial charge in [0.05, 0.1) is 11.3 Å². The van der Waals surface area contributed by atoms with Gasteiger partial charge in [0.15, 0.2) is 12.6 Å². The zero-order valence-corrected chi connectivity index (χ0v) is 14.4. The predicted molar refractivity (Wildman–Crippen MR) is 90.3 cm³/mol. The Bertz CT molecular complexity index is 740. The van der Waals surface area contributed by atoms with Crippen LogP contribution in [0.3, 0.4) is 0 Å². The molecule has 6 nitrogen and oxygen atoms in total. The van der Waals surface area contributed by atoms with Crippen LogP contribution < -0.4 is 5.32 Å². The van der Waals surface area contributed by atoms with Crippen LogP contribution in [0.15, 0.2) is 36.5 Å². The topological polar surface area (TPSA) is 88.4 Å². The molecule has 0 bridgehead atoms. The number of aromatic nitrogens is 1. The summed E-state index contributed by atoms with van der Waals surface area (Å²) >= 11 is 0. The molecule has 0 atom stereocenters. The summed E-state index contributed by atoms with van der Waals surface area (Å²) in [7, 11) is 4.21. The summed E-state index contributed by atoms with van der Waals surface area (Å²) in [4.78, 5) is 31.2. The molecule has 1 heterocycles. The van der Waals surface area contributed by atoms with E-state index in [2.05, 4.69) is 5.32 Å². The van der Waals surface area contributed by atoms with Gasteiger partial charge in [0, 0.05) is 38.7 Å². The van der Waals surface area contributed by atoms with Gasteiger partial charge in [0.1, 0.15) is 0 Å². The van der Waals surface area contributed by atoms with E-state index in [1.54, 1.807) is 20.2 Å². The number of ketones is 1. The third kappa shape index (κ3) is 6.89. The van der Waals surface area contributed by atoms with Crippen molar-refractivity contribution in [2.45, 2.75) is 6.18 Å². The van der Waals surface area contributed by atoms with Crippen LogP contribution >= 0.6 is 0 Å². The molecule has 0 radical (unpaired) electrons. The lowest BCUT2D eigenvalue weighted by Crippen LogP contribution is -2.04. The van der Waals surface area contributed by atoms with Crippen molar-refractivity contribution in [2.75, 3.05) is 19.5 Å². The molecular weight excluding hydrogens is 353 g/mol. The Balaban J connectivity index is 0.000000439. The van der Waals surface area contributed by atoms with Crippen LogP contribution in [0.5, 0.6) is 0 Å². The maximum atomic E-state index is 12.1. The maximum Gasteiger partial charge on any atom is 0.416 e. The number of nitrogens with zero attached hydrogens (tertiary/aromatic N) is 1. The quantitative estimate of drug-likeness (QED) is 0.489. The molecule has 0 amide bonds. The lowest BCUT2D eigenvalue weighted by molar-refractivity contribution is -0.137. The smallest absolute Gasteiger partial charge is 0.400 e. The summed E-state index contributed by atoms with van der Waals surface area (Å²) in [5.41, 5.74) is 0.453. The number of Topliss-reactive ketones (excluding diaryl/α,β-unsaturated/α-hetero) is 1. The van der Waals surface area contributed by atoms with Crippen molar-refractivity contribution in [3.05, 3.63) is 53.3 Å². The van der Waals surface area contributed by atoms with E-state index in [0.717, 1.165) is 19.2 Å². The van der Waals surface area contributed by atoms with Crippen molar-refractivity contribution >= 4 is 24.0 Å². The Labute approximate surface area is 148 Å². The molecule has 9 heteroatoms. The number of benzene rings is 1. The SMILES string of the molecule is CNc1cccc(C(F)(F)F)c1.CO.Cn1cc(C(=O)C=O)cc1C=O. The number of anilines is 1. The van der Waals surface area contributed by atoms with Crippen LogP contribution in [0.2, 0.25) is 0 Å². The number of carbonyl (C=O) groups excluding carboxylic acids is 3. The van der Waals surface area contributed by atoms with Gasteiger partial charge in [-0.3, -0.25) is 14.4 Å². The average molecular weight is 372 g/mol. The van der Waals surface area contributed by atoms with E-state index in [1.165, 1.54) is 22.9 Å². The van der Waals surface area contributed by atoms with Gasteiger partial charge in [-0.2, -0.15) is 13.2 Å². The predicted octanol–water partition coefficient (Wildman–Crippen LogP) is 2.57. The zero-order chi connectivity index (χ0) is 20.3. The molecule has 0 spiro atoms. The van der Waals surface area contributed by atoms with Gasteiger partial charge < -0.3 is 15.0 Å². The van der Waals surface area contributed by atoms with Gasteiger partial charge in [-0.1, -0.05) is 6.07 Å². The second-order valence-corrected chi connectivity index (χ2v) is 4.69. The Morgan fingerprint density at radius 1 is 1.19 bits per heavy atom. The molecule has 26 heavy (non-hydrogen) atoms. The van der Waals surface area contributed by atoms with Crippen LogP contribution in [0.4, 0.5) is 18.9 Å². The van der Waals surface area contributed by atoms with Crippen LogP contribution in [-0.4, -0.2) is 42.2 Å². The van der Waals surface area contributed by atoms with Gasteiger partial charge in [-0.05, 0) is 24.3 Å². The first-order chi connectivity index (χ1) is 12.2. The number of aliphatic hydroxyl groups is 1. The number of aryl methyl sites for hydroxylation is 1. The van der Waals surface area contributed by atoms with Gasteiger partial charge in [-0.25, -0.2) is 0 Å². The summed E-state index contributed by atoms with van der Waals surface area (Å²) in [6.45, 7) is 0. The fourth-order valence-corrected chi connectivity index (χ4v) is 1.75. The highest BCUT2D eigenvalue weighted by atomic mass is 19.4. The van der Waals surface area contributed by atoms with E-state index < -0.39 is 17.5 Å². The third-order valence-electron chi connectivity index (χ3n) is 3.03. The lowest BCUT2D eigenvalue weighted by Gasteiger charge is -2.07. The van der Waals surface area contributed by atoms with E-state index >= 15 is 0 Å². The molecule has 2 rings (SSSR count). The van der Waals surface area contributed by atoms with Crippen molar-refractivity contribution in [1.29, 1.82) is 0 Å². The largest absolute Gasteiger partial charge is 0.416 e. The Kier molecular flexibility index (Phi) is 9.60. The first kappa shape index (κ1) is 23.1. The number of hydrogen-bond donors (Lipinski definition) is 2. The second-order valence-electron chi connectivity index (χ2n) is 4.69. The molecule has 0 aliphatic heterocycles. The Morgan fingerprint density at radius 2 is 1.81 bits per heavy atom. The molecule has 0 saturated carbocycles. The van der Waals surface area contributed by atoms with E-state index in [0.29, 0.717) is 17.7 Å². The van der Waals surface area contributed by atoms with Crippen molar-refractivity contribution in [2.24, 2.45) is 7.05 Å². The number of rotatable bonds is 4. The van der Waals surface area contributed by atoms with Gasteiger partial charge >= 0.3 is 6.18 Å². The fraction of sp³-hybridized carbons (Fsp3) is 0.235. The fourth-order valence-electron chi connectivity index (χ4n) is 1.75. The summed E-state index contributed by atoms with van der Waals surface area (Å²) in [6, 6.07) is 6.44. The maximum absolute atomic E-state index is 12.1. The summed E-state index contributed by atoms with van der Waals surface area (Å²) < 4.78 is 37.7. The minimum atomic E-state index is -4.26. The number of aliphatic hydroxyl groups excluding tert-OH is 1. The highest BCUT2D eigenvalue weighted by molar-refractivity contribution is 6.33. The van der Waals surface area contributed by atoms with Crippen LogP contribution in [-0.2, 0) is 18.0 Å². The van der Waals surface area contributed by atoms with E-state index in [1.807, 2.05) is 0 Å². The highest BCUT2D eigenvalue weighted by Gasteiger charge is 2.30. The minimum Gasteiger partial charge on any atom is -0.400 e. The lowest BCUT2D eigenvalue weighted by atomic mass is 10.2. The van der Waals surface area contributed by atoms with E-state index in [4.69, 9.17) is 5.11 Å².